The van der Waals surface area contributed by atoms with E-state index in [0.29, 0.717) is 18.8 Å². The van der Waals surface area contributed by atoms with Gasteiger partial charge in [0.15, 0.2) is 0 Å². The lowest BCUT2D eigenvalue weighted by atomic mass is 10.1. The fourth-order valence-electron chi connectivity index (χ4n) is 2.29. The lowest BCUT2D eigenvalue weighted by molar-refractivity contribution is 0.101. The maximum absolute atomic E-state index is 12.8. The van der Waals surface area contributed by atoms with Gasteiger partial charge in [-0.1, -0.05) is 30.3 Å². The molecular weight excluding hydrogens is 311 g/mol. The normalized spacial score (nSPS) is 11.6. The molecule has 0 aliphatic carbocycles. The second-order valence-electron chi connectivity index (χ2n) is 5.16. The molecule has 2 N–H and O–H groups in total. The molecule has 0 saturated heterocycles. The fraction of sp³-hybridized carbons (Fsp3) is 0.278. The van der Waals surface area contributed by atoms with Crippen molar-refractivity contribution in [3.8, 4) is 5.75 Å². The summed E-state index contributed by atoms with van der Waals surface area (Å²) in [5, 5.41) is 5.48. The van der Waals surface area contributed by atoms with Crippen molar-refractivity contribution in [2.45, 2.75) is 12.6 Å². The summed E-state index contributed by atoms with van der Waals surface area (Å²) in [6, 6.07) is 13.1. The third-order valence-corrected chi connectivity index (χ3v) is 3.58. The van der Waals surface area contributed by atoms with E-state index >= 15 is 0 Å². The second-order valence-corrected chi connectivity index (χ2v) is 5.16. The van der Waals surface area contributed by atoms with Gasteiger partial charge in [-0.3, -0.25) is 0 Å². The van der Waals surface area contributed by atoms with Gasteiger partial charge in [0.1, 0.15) is 17.7 Å². The first-order valence-electron chi connectivity index (χ1n) is 7.56. The summed E-state index contributed by atoms with van der Waals surface area (Å²) in [6.45, 7) is 0.616. The Morgan fingerprint density at radius 3 is 2.46 bits per heavy atom. The van der Waals surface area contributed by atoms with Gasteiger partial charge in [-0.15, -0.1) is 0 Å². The number of carbonyl (C=O) groups excluding carboxylic acids is 1. The Balaban J connectivity index is 1.86. The Morgan fingerprint density at radius 2 is 1.79 bits per heavy atom. The summed E-state index contributed by atoms with van der Waals surface area (Å²) in [6.07, 6.45) is -0.322. The third kappa shape index (κ3) is 4.96. The lowest BCUT2D eigenvalue weighted by Gasteiger charge is -2.19. The molecule has 0 spiro atoms. The van der Waals surface area contributed by atoms with E-state index in [1.54, 1.807) is 26.4 Å². The fourth-order valence-corrected chi connectivity index (χ4v) is 2.29. The number of ether oxygens (including phenoxy) is 2. The van der Waals surface area contributed by atoms with E-state index in [9.17, 15) is 9.18 Å². The summed E-state index contributed by atoms with van der Waals surface area (Å²) < 4.78 is 23.6. The number of hydrogen-bond donors (Lipinski definition) is 2. The van der Waals surface area contributed by atoms with Crippen molar-refractivity contribution in [2.24, 2.45) is 0 Å². The van der Waals surface area contributed by atoms with Gasteiger partial charge in [0.2, 0.25) is 0 Å². The quantitative estimate of drug-likeness (QED) is 0.819. The van der Waals surface area contributed by atoms with Crippen LogP contribution in [-0.4, -0.2) is 26.8 Å². The Bertz CT molecular complexity index is 662. The largest absolute Gasteiger partial charge is 0.496 e. The summed E-state index contributed by atoms with van der Waals surface area (Å²) in [5.41, 5.74) is 1.68. The number of carbonyl (C=O) groups is 1. The number of benzene rings is 2. The molecule has 2 aromatic rings. The number of amides is 2. The molecule has 2 aromatic carbocycles. The van der Waals surface area contributed by atoms with Crippen molar-refractivity contribution in [3.63, 3.8) is 0 Å². The first kappa shape index (κ1) is 17.7. The van der Waals surface area contributed by atoms with Gasteiger partial charge in [-0.25, -0.2) is 9.18 Å². The number of urea groups is 1. The van der Waals surface area contributed by atoms with Gasteiger partial charge >= 0.3 is 6.03 Å². The van der Waals surface area contributed by atoms with Gasteiger partial charge in [0.25, 0.3) is 0 Å². The van der Waals surface area contributed by atoms with Crippen molar-refractivity contribution in [1.29, 1.82) is 0 Å². The highest BCUT2D eigenvalue weighted by Crippen LogP contribution is 2.26. The summed E-state index contributed by atoms with van der Waals surface area (Å²) in [7, 11) is 3.17. The molecule has 6 heteroatoms. The smallest absolute Gasteiger partial charge is 0.315 e. The van der Waals surface area contributed by atoms with E-state index in [1.807, 2.05) is 24.3 Å². The van der Waals surface area contributed by atoms with Crippen LogP contribution in [0.5, 0.6) is 5.75 Å². The van der Waals surface area contributed by atoms with E-state index in [1.165, 1.54) is 12.1 Å². The van der Waals surface area contributed by atoms with Gasteiger partial charge < -0.3 is 20.1 Å². The van der Waals surface area contributed by atoms with Crippen LogP contribution >= 0.6 is 0 Å². The van der Waals surface area contributed by atoms with E-state index in [4.69, 9.17) is 9.47 Å². The first-order valence-corrected chi connectivity index (χ1v) is 7.56. The number of nitrogens with one attached hydrogen (secondary N) is 2. The van der Waals surface area contributed by atoms with E-state index in [2.05, 4.69) is 10.6 Å². The van der Waals surface area contributed by atoms with Gasteiger partial charge in [0.05, 0.1) is 7.11 Å². The van der Waals surface area contributed by atoms with Crippen LogP contribution in [0.2, 0.25) is 0 Å². The van der Waals surface area contributed by atoms with Crippen LogP contribution in [0.1, 0.15) is 17.2 Å². The van der Waals surface area contributed by atoms with Crippen molar-refractivity contribution in [1.82, 2.24) is 10.6 Å². The zero-order valence-corrected chi connectivity index (χ0v) is 13.7. The van der Waals surface area contributed by atoms with Gasteiger partial charge in [0, 0.05) is 25.8 Å². The first-order chi connectivity index (χ1) is 11.6. The van der Waals surface area contributed by atoms with Gasteiger partial charge in [-0.05, 0) is 23.8 Å². The number of hydrogen-bond acceptors (Lipinski definition) is 3. The minimum absolute atomic E-state index is 0.298. The lowest BCUT2D eigenvalue weighted by Crippen LogP contribution is -2.37. The highest BCUT2D eigenvalue weighted by molar-refractivity contribution is 5.73. The predicted molar refractivity (Wildman–Crippen MR) is 89.4 cm³/mol. The van der Waals surface area contributed by atoms with Crippen molar-refractivity contribution >= 4 is 6.03 Å². The van der Waals surface area contributed by atoms with Crippen LogP contribution in [0.4, 0.5) is 9.18 Å². The molecule has 24 heavy (non-hydrogen) atoms. The van der Waals surface area contributed by atoms with Crippen LogP contribution in [0.3, 0.4) is 0 Å². The maximum atomic E-state index is 12.8. The molecule has 0 aliphatic heterocycles. The van der Waals surface area contributed by atoms with Crippen LogP contribution in [0, 0.1) is 5.82 Å². The molecule has 0 radical (unpaired) electrons. The maximum Gasteiger partial charge on any atom is 0.315 e. The summed E-state index contributed by atoms with van der Waals surface area (Å²) >= 11 is 0. The minimum atomic E-state index is -0.323. The topological polar surface area (TPSA) is 59.6 Å². The predicted octanol–water partition coefficient (Wildman–Crippen LogP) is 3.02. The van der Waals surface area contributed by atoms with E-state index in [-0.39, 0.29) is 18.0 Å². The monoisotopic (exact) mass is 332 g/mol. The highest BCUT2D eigenvalue weighted by atomic mass is 19.1. The Labute approximate surface area is 140 Å². The molecule has 0 fully saturated rings. The standard InChI is InChI=1S/C18H21FN2O3/c1-23-16-6-4-3-5-15(16)17(24-2)12-21-18(22)20-11-13-7-9-14(19)10-8-13/h3-10,17H,11-12H2,1-2H3,(H2,20,21,22)/t17-/m1/s1. The molecule has 0 unspecified atom stereocenters. The van der Waals surface area contributed by atoms with E-state index < -0.39 is 0 Å². The summed E-state index contributed by atoms with van der Waals surface area (Å²) in [4.78, 5) is 11.9. The van der Waals surface area contributed by atoms with Crippen molar-refractivity contribution < 1.29 is 18.7 Å². The van der Waals surface area contributed by atoms with Crippen LogP contribution in [0.25, 0.3) is 0 Å². The minimum Gasteiger partial charge on any atom is -0.496 e. The molecule has 2 amide bonds. The molecule has 2 rings (SSSR count). The number of halogens is 1. The van der Waals surface area contributed by atoms with Crippen molar-refractivity contribution in [2.75, 3.05) is 20.8 Å². The molecule has 5 nitrogen and oxygen atoms in total. The molecule has 1 atom stereocenters. The Morgan fingerprint density at radius 1 is 1.08 bits per heavy atom. The average Bonchev–Trinajstić information content (AvgIpc) is 2.62. The zero-order valence-electron chi connectivity index (χ0n) is 13.7. The SMILES string of the molecule is COc1ccccc1[C@@H](CNC(=O)NCc1ccc(F)cc1)OC. The van der Waals surface area contributed by atoms with Crippen molar-refractivity contribution in [3.05, 3.63) is 65.5 Å². The Hall–Kier alpha value is -2.60. The molecule has 128 valence electrons. The molecular formula is C18H21FN2O3. The second kappa shape index (κ2) is 8.88. The number of rotatable bonds is 7. The third-order valence-electron chi connectivity index (χ3n) is 3.58. The Kier molecular flexibility index (Phi) is 6.57. The van der Waals surface area contributed by atoms with Gasteiger partial charge in [-0.2, -0.15) is 0 Å². The molecule has 0 heterocycles. The van der Waals surface area contributed by atoms with E-state index in [0.717, 1.165) is 11.1 Å². The molecule has 0 bridgehead atoms. The van der Waals surface area contributed by atoms with Crippen LogP contribution in [-0.2, 0) is 11.3 Å². The molecule has 0 aliphatic rings. The average molecular weight is 332 g/mol. The van der Waals surface area contributed by atoms with Crippen LogP contribution < -0.4 is 15.4 Å². The number of methoxy groups -OCH3 is 2. The molecule has 0 aromatic heterocycles. The molecule has 0 saturated carbocycles. The highest BCUT2D eigenvalue weighted by Gasteiger charge is 2.16. The number of para-hydroxylation sites is 1. The zero-order chi connectivity index (χ0) is 17.4. The summed E-state index contributed by atoms with van der Waals surface area (Å²) in [5.74, 6) is 0.404. The van der Waals surface area contributed by atoms with Crippen LogP contribution in [0.15, 0.2) is 48.5 Å².